The number of benzene rings is 2. The van der Waals surface area contributed by atoms with Gasteiger partial charge in [-0.3, -0.25) is 9.59 Å². The molecule has 8 nitrogen and oxygen atoms in total. The van der Waals surface area contributed by atoms with Crippen LogP contribution in [0.2, 0.25) is 5.02 Å². The first kappa shape index (κ1) is 30.9. The van der Waals surface area contributed by atoms with E-state index in [1.165, 1.54) is 25.1 Å². The molecule has 2 aromatic rings. The standard InChI is InChI=1S/C27H33ClF2N2O6S/c1-4-18-11-20(9-15(2)27(18,36)13-25(34)31-14-16(3)33)39(37,38)24-10-17(5-7-21(24)28)26(35)32-19-6-8-22(29)23(30)12-19/h5-8,10,12,15-16,18,20,33,36H,4,9,11,13-14H2,1-3H3,(H,31,34)(H,32,35)/t15-,16+,18?,20-,27-/m0/s1. The van der Waals surface area contributed by atoms with Gasteiger partial charge in [0.2, 0.25) is 5.91 Å². The Balaban J connectivity index is 1.83. The molecule has 1 aliphatic rings. The smallest absolute Gasteiger partial charge is 0.255 e. The van der Waals surface area contributed by atoms with Gasteiger partial charge in [-0.1, -0.05) is 31.9 Å². The Bertz CT molecular complexity index is 1340. The quantitative estimate of drug-likeness (QED) is 0.350. The molecule has 0 saturated heterocycles. The molecule has 3 rings (SSSR count). The second-order valence-corrected chi connectivity index (χ2v) is 12.8. The van der Waals surface area contributed by atoms with E-state index in [0.29, 0.717) is 6.42 Å². The van der Waals surface area contributed by atoms with Crippen molar-refractivity contribution >= 4 is 38.9 Å². The lowest BCUT2D eigenvalue weighted by molar-refractivity contribution is -0.138. The van der Waals surface area contributed by atoms with Crippen LogP contribution in [0.1, 0.15) is 56.8 Å². The summed E-state index contributed by atoms with van der Waals surface area (Å²) in [5.41, 5.74) is -1.51. The predicted molar refractivity (Wildman–Crippen MR) is 143 cm³/mol. The number of hydrogen-bond acceptors (Lipinski definition) is 6. The summed E-state index contributed by atoms with van der Waals surface area (Å²) in [7, 11) is -4.08. The van der Waals surface area contributed by atoms with Crippen LogP contribution < -0.4 is 10.6 Å². The molecule has 0 spiro atoms. The van der Waals surface area contributed by atoms with Crippen molar-refractivity contribution in [2.24, 2.45) is 11.8 Å². The molecule has 12 heteroatoms. The van der Waals surface area contributed by atoms with Gasteiger partial charge in [0.1, 0.15) is 0 Å². The van der Waals surface area contributed by atoms with Crippen molar-refractivity contribution in [3.8, 4) is 0 Å². The van der Waals surface area contributed by atoms with E-state index in [4.69, 9.17) is 11.6 Å². The van der Waals surface area contributed by atoms with Crippen molar-refractivity contribution in [2.45, 2.75) is 68.3 Å². The number of aliphatic hydroxyl groups excluding tert-OH is 1. The van der Waals surface area contributed by atoms with Crippen LogP contribution in [0.4, 0.5) is 14.5 Å². The number of rotatable bonds is 9. The van der Waals surface area contributed by atoms with Crippen molar-refractivity contribution in [2.75, 3.05) is 11.9 Å². The van der Waals surface area contributed by atoms with Crippen molar-refractivity contribution in [3.63, 3.8) is 0 Å². The Kier molecular flexibility index (Phi) is 9.74. The average Bonchev–Trinajstić information content (AvgIpc) is 2.86. The van der Waals surface area contributed by atoms with Crippen molar-refractivity contribution in [1.82, 2.24) is 5.32 Å². The first-order valence-corrected chi connectivity index (χ1v) is 14.6. The molecule has 214 valence electrons. The van der Waals surface area contributed by atoms with E-state index >= 15 is 0 Å². The molecule has 0 aromatic heterocycles. The third-order valence-electron chi connectivity index (χ3n) is 7.37. The molecule has 4 N–H and O–H groups in total. The molecule has 0 aliphatic heterocycles. The average molecular weight is 587 g/mol. The molecule has 1 fully saturated rings. The van der Waals surface area contributed by atoms with Gasteiger partial charge in [0.05, 0.1) is 33.3 Å². The zero-order valence-corrected chi connectivity index (χ0v) is 23.5. The maximum Gasteiger partial charge on any atom is 0.255 e. The highest BCUT2D eigenvalue weighted by Gasteiger charge is 2.50. The lowest BCUT2D eigenvalue weighted by Crippen LogP contribution is -2.54. The van der Waals surface area contributed by atoms with Gasteiger partial charge in [0, 0.05) is 23.9 Å². The van der Waals surface area contributed by atoms with Gasteiger partial charge in [-0.15, -0.1) is 0 Å². The monoisotopic (exact) mass is 586 g/mol. The minimum absolute atomic E-state index is 0.0121. The maximum absolute atomic E-state index is 13.7. The Labute approximate surface area is 231 Å². The predicted octanol–water partition coefficient (Wildman–Crippen LogP) is 4.09. The third kappa shape index (κ3) is 6.95. The van der Waals surface area contributed by atoms with Crippen LogP contribution in [-0.4, -0.2) is 53.9 Å². The van der Waals surface area contributed by atoms with Crippen molar-refractivity contribution in [1.29, 1.82) is 0 Å². The van der Waals surface area contributed by atoms with E-state index < -0.39 is 62.1 Å². The summed E-state index contributed by atoms with van der Waals surface area (Å²) in [5, 5.41) is 24.9. The SMILES string of the molecule is CCC1C[C@@H](S(=O)(=O)c2cc(C(=O)Nc3ccc(F)c(F)c3)ccc2Cl)C[C@H](C)[C@@]1(O)CC(=O)NC[C@@H](C)O. The fraction of sp³-hybridized carbons (Fsp3) is 0.481. The minimum Gasteiger partial charge on any atom is -0.392 e. The van der Waals surface area contributed by atoms with Gasteiger partial charge >= 0.3 is 0 Å². The number of carbonyl (C=O) groups is 2. The van der Waals surface area contributed by atoms with Gasteiger partial charge in [0.25, 0.3) is 5.91 Å². The van der Waals surface area contributed by atoms with Crippen molar-refractivity contribution < 1.29 is 37.0 Å². The fourth-order valence-electron chi connectivity index (χ4n) is 5.11. The topological polar surface area (TPSA) is 133 Å². The van der Waals surface area contributed by atoms with E-state index in [2.05, 4.69) is 10.6 Å². The highest BCUT2D eigenvalue weighted by molar-refractivity contribution is 7.92. The van der Waals surface area contributed by atoms with Crippen LogP contribution in [0.15, 0.2) is 41.3 Å². The number of carbonyl (C=O) groups excluding carboxylic acids is 2. The second-order valence-electron chi connectivity index (χ2n) is 10.2. The molecule has 1 unspecified atom stereocenters. The molecule has 1 saturated carbocycles. The van der Waals surface area contributed by atoms with Crippen LogP contribution in [0, 0.1) is 23.5 Å². The van der Waals surface area contributed by atoms with Crippen LogP contribution >= 0.6 is 11.6 Å². The maximum atomic E-state index is 13.7. The number of nitrogens with one attached hydrogen (secondary N) is 2. The number of amides is 2. The van der Waals surface area contributed by atoms with Crippen LogP contribution in [0.3, 0.4) is 0 Å². The normalized spacial score (nSPS) is 24.2. The van der Waals surface area contributed by atoms with E-state index in [1.54, 1.807) is 13.8 Å². The fourth-order valence-corrected chi connectivity index (χ4v) is 7.57. The van der Waals surface area contributed by atoms with Crippen molar-refractivity contribution in [3.05, 3.63) is 58.6 Å². The number of halogens is 3. The lowest BCUT2D eigenvalue weighted by Gasteiger charge is -2.47. The van der Waals surface area contributed by atoms with Gasteiger partial charge < -0.3 is 20.8 Å². The van der Waals surface area contributed by atoms with E-state index in [1.807, 2.05) is 0 Å². The molecule has 2 amide bonds. The molecular formula is C27H33ClF2N2O6S. The number of sulfone groups is 1. The Morgan fingerprint density at radius 2 is 1.85 bits per heavy atom. The van der Waals surface area contributed by atoms with Gasteiger partial charge in [-0.05, 0) is 61.9 Å². The third-order valence-corrected chi connectivity index (χ3v) is 10.0. The summed E-state index contributed by atoms with van der Waals surface area (Å²) in [4.78, 5) is 24.9. The summed E-state index contributed by atoms with van der Waals surface area (Å²) in [6, 6.07) is 6.57. The number of anilines is 1. The molecular weight excluding hydrogens is 554 g/mol. The van der Waals surface area contributed by atoms with Gasteiger partial charge in [-0.25, -0.2) is 17.2 Å². The largest absolute Gasteiger partial charge is 0.392 e. The van der Waals surface area contributed by atoms with Gasteiger partial charge in [0.15, 0.2) is 21.5 Å². The summed E-state index contributed by atoms with van der Waals surface area (Å²) >= 11 is 6.27. The highest BCUT2D eigenvalue weighted by Crippen LogP contribution is 2.46. The first-order chi connectivity index (χ1) is 18.2. The number of hydrogen-bond donors (Lipinski definition) is 4. The van der Waals surface area contributed by atoms with E-state index in [-0.39, 0.29) is 47.0 Å². The zero-order valence-electron chi connectivity index (χ0n) is 21.9. The summed E-state index contributed by atoms with van der Waals surface area (Å²) in [6.45, 7) is 5.06. The lowest BCUT2D eigenvalue weighted by atomic mass is 9.66. The van der Waals surface area contributed by atoms with Gasteiger partial charge in [-0.2, -0.15) is 0 Å². The van der Waals surface area contributed by atoms with Crippen LogP contribution in [0.5, 0.6) is 0 Å². The highest BCUT2D eigenvalue weighted by atomic mass is 35.5. The minimum atomic E-state index is -4.08. The Morgan fingerprint density at radius 1 is 1.15 bits per heavy atom. The number of aliphatic hydroxyl groups is 2. The van der Waals surface area contributed by atoms with Crippen LogP contribution in [-0.2, 0) is 14.6 Å². The molecule has 0 bridgehead atoms. The zero-order chi connectivity index (χ0) is 29.1. The molecule has 1 aliphatic carbocycles. The molecule has 0 heterocycles. The molecule has 2 aromatic carbocycles. The molecule has 39 heavy (non-hydrogen) atoms. The summed E-state index contributed by atoms with van der Waals surface area (Å²) in [5.74, 6) is -4.48. The molecule has 5 atom stereocenters. The van der Waals surface area contributed by atoms with E-state index in [0.717, 1.165) is 18.2 Å². The Morgan fingerprint density at radius 3 is 2.46 bits per heavy atom. The van der Waals surface area contributed by atoms with E-state index in [9.17, 15) is 37.0 Å². The summed E-state index contributed by atoms with van der Waals surface area (Å²) < 4.78 is 54.2. The Hall–Kier alpha value is -2.60. The summed E-state index contributed by atoms with van der Waals surface area (Å²) in [6.07, 6.45) is -0.428. The molecule has 0 radical (unpaired) electrons. The van der Waals surface area contributed by atoms with Crippen LogP contribution in [0.25, 0.3) is 0 Å². The second kappa shape index (κ2) is 12.3. The first-order valence-electron chi connectivity index (χ1n) is 12.7.